The number of nitrogens with two attached hydrogens (primary N) is 1. The maximum Gasteiger partial charge on any atom is 0.248 e. The van der Waals surface area contributed by atoms with Crippen molar-refractivity contribution in [1.29, 1.82) is 0 Å². The van der Waals surface area contributed by atoms with E-state index in [9.17, 15) is 9.59 Å². The van der Waals surface area contributed by atoms with Crippen LogP contribution in [0, 0.1) is 0 Å². The van der Waals surface area contributed by atoms with E-state index in [2.05, 4.69) is 5.32 Å². The van der Waals surface area contributed by atoms with Crippen LogP contribution in [0.25, 0.3) is 0 Å². The first-order valence-electron chi connectivity index (χ1n) is 7.27. The number of carbonyl (C=O) groups is 2. The van der Waals surface area contributed by atoms with Crippen molar-refractivity contribution in [2.45, 2.75) is 51.1 Å². The summed E-state index contributed by atoms with van der Waals surface area (Å²) in [7, 11) is 1.51. The summed E-state index contributed by atoms with van der Waals surface area (Å²) in [6, 6.07) is 0.105. The Labute approximate surface area is 133 Å². The van der Waals surface area contributed by atoms with Crippen molar-refractivity contribution in [3.8, 4) is 0 Å². The highest BCUT2D eigenvalue weighted by Crippen LogP contribution is 2.14. The van der Waals surface area contributed by atoms with Gasteiger partial charge in [-0.25, -0.2) is 0 Å². The third-order valence-corrected chi connectivity index (χ3v) is 3.74. The molecule has 1 atom stereocenters. The van der Waals surface area contributed by atoms with Gasteiger partial charge in [-0.05, 0) is 26.2 Å². The minimum absolute atomic E-state index is 0. The number of carbonyl (C=O) groups excluding carboxylic acids is 2. The van der Waals surface area contributed by atoms with Gasteiger partial charge < -0.3 is 20.7 Å². The molecule has 3 N–H and O–H groups in total. The molecule has 1 unspecified atom stereocenters. The number of likely N-dealkylation sites (tertiary alicyclic amines) is 1. The number of methoxy groups -OCH3 is 1. The first-order valence-corrected chi connectivity index (χ1v) is 7.27. The van der Waals surface area contributed by atoms with Crippen LogP contribution in [0.15, 0.2) is 0 Å². The van der Waals surface area contributed by atoms with Crippen molar-refractivity contribution in [3.05, 3.63) is 0 Å². The second-order valence-electron chi connectivity index (χ2n) is 5.73. The fraction of sp³-hybridized carbons (Fsp3) is 0.857. The monoisotopic (exact) mass is 321 g/mol. The highest BCUT2D eigenvalue weighted by molar-refractivity contribution is 5.86. The summed E-state index contributed by atoms with van der Waals surface area (Å²) in [4.78, 5) is 25.5. The van der Waals surface area contributed by atoms with Crippen LogP contribution in [0.1, 0.15) is 39.5 Å². The van der Waals surface area contributed by atoms with Crippen LogP contribution in [0.2, 0.25) is 0 Å². The molecule has 0 aromatic heterocycles. The Hall–Kier alpha value is -0.850. The highest BCUT2D eigenvalue weighted by Gasteiger charge is 2.30. The second-order valence-corrected chi connectivity index (χ2v) is 5.73. The molecular weight excluding hydrogens is 294 g/mol. The summed E-state index contributed by atoms with van der Waals surface area (Å²) in [6.07, 6.45) is 3.08. The molecule has 0 aliphatic carbocycles. The molecule has 0 aromatic rings. The largest absolute Gasteiger partial charge is 0.375 e. The van der Waals surface area contributed by atoms with Gasteiger partial charge in [0.1, 0.15) is 6.61 Å². The Bertz CT molecular complexity index is 342. The number of rotatable bonds is 6. The third-order valence-electron chi connectivity index (χ3n) is 3.74. The van der Waals surface area contributed by atoms with Gasteiger partial charge in [0.15, 0.2) is 0 Å². The van der Waals surface area contributed by atoms with Gasteiger partial charge in [-0.1, -0.05) is 13.3 Å². The normalized spacial score (nSPS) is 18.6. The average Bonchev–Trinajstić information content (AvgIpc) is 2.39. The van der Waals surface area contributed by atoms with Crippen molar-refractivity contribution in [2.75, 3.05) is 26.8 Å². The molecule has 2 amide bonds. The lowest BCUT2D eigenvalue weighted by Crippen LogP contribution is -2.56. The molecule has 21 heavy (non-hydrogen) atoms. The smallest absolute Gasteiger partial charge is 0.248 e. The molecule has 0 radical (unpaired) electrons. The van der Waals surface area contributed by atoms with Gasteiger partial charge in [0.2, 0.25) is 11.8 Å². The van der Waals surface area contributed by atoms with Gasteiger partial charge in [-0.2, -0.15) is 0 Å². The van der Waals surface area contributed by atoms with Crippen molar-refractivity contribution in [1.82, 2.24) is 10.2 Å². The average molecular weight is 322 g/mol. The standard InChI is InChI=1S/C14H27N3O3.ClH/c1-4-7-14(2,15)13(19)16-11-5-8-17(9-6-11)12(18)10-20-3;/h11H,4-10,15H2,1-3H3,(H,16,19);1H. The Kier molecular flexibility index (Phi) is 8.85. The van der Waals surface area contributed by atoms with E-state index in [4.69, 9.17) is 10.5 Å². The summed E-state index contributed by atoms with van der Waals surface area (Å²) >= 11 is 0. The summed E-state index contributed by atoms with van der Waals surface area (Å²) < 4.78 is 4.84. The minimum Gasteiger partial charge on any atom is -0.375 e. The molecule has 0 aromatic carbocycles. The molecule has 0 saturated carbocycles. The lowest BCUT2D eigenvalue weighted by molar-refractivity contribution is -0.136. The van der Waals surface area contributed by atoms with E-state index in [0.717, 1.165) is 19.3 Å². The molecule has 1 heterocycles. The Morgan fingerprint density at radius 1 is 1.38 bits per heavy atom. The Morgan fingerprint density at radius 3 is 2.43 bits per heavy atom. The van der Waals surface area contributed by atoms with E-state index in [-0.39, 0.29) is 36.9 Å². The van der Waals surface area contributed by atoms with Gasteiger partial charge in [0, 0.05) is 26.2 Å². The Balaban J connectivity index is 0.00000400. The zero-order valence-corrected chi connectivity index (χ0v) is 14.0. The van der Waals surface area contributed by atoms with Crippen LogP contribution in [0.3, 0.4) is 0 Å². The zero-order chi connectivity index (χ0) is 15.2. The van der Waals surface area contributed by atoms with Crippen molar-refractivity contribution < 1.29 is 14.3 Å². The molecular formula is C14H28ClN3O3. The molecule has 124 valence electrons. The molecule has 0 spiro atoms. The minimum atomic E-state index is -0.808. The second kappa shape index (κ2) is 9.23. The van der Waals surface area contributed by atoms with E-state index >= 15 is 0 Å². The quantitative estimate of drug-likeness (QED) is 0.753. The van der Waals surface area contributed by atoms with Gasteiger partial charge in [0.25, 0.3) is 0 Å². The number of nitrogens with one attached hydrogen (secondary N) is 1. The van der Waals surface area contributed by atoms with Crippen molar-refractivity contribution >= 4 is 24.2 Å². The maximum absolute atomic E-state index is 12.1. The van der Waals surface area contributed by atoms with Crippen LogP contribution < -0.4 is 11.1 Å². The number of amides is 2. The molecule has 1 aliphatic rings. The lowest BCUT2D eigenvalue weighted by atomic mass is 9.95. The zero-order valence-electron chi connectivity index (χ0n) is 13.2. The van der Waals surface area contributed by atoms with E-state index in [1.54, 1.807) is 11.8 Å². The van der Waals surface area contributed by atoms with Gasteiger partial charge in [-0.3, -0.25) is 9.59 Å². The molecule has 7 heteroatoms. The first-order chi connectivity index (χ1) is 9.40. The SMILES string of the molecule is CCCC(C)(N)C(=O)NC1CCN(C(=O)COC)CC1.Cl. The molecule has 1 rings (SSSR count). The number of ether oxygens (including phenoxy) is 1. The number of hydrogen-bond acceptors (Lipinski definition) is 4. The van der Waals surface area contributed by atoms with Crippen molar-refractivity contribution in [3.63, 3.8) is 0 Å². The van der Waals surface area contributed by atoms with E-state index < -0.39 is 5.54 Å². The molecule has 1 aliphatic heterocycles. The molecule has 6 nitrogen and oxygen atoms in total. The summed E-state index contributed by atoms with van der Waals surface area (Å²) in [5, 5.41) is 3.00. The summed E-state index contributed by atoms with van der Waals surface area (Å²) in [5.74, 6) is -0.0899. The predicted octanol–water partition coefficient (Wildman–Crippen LogP) is 0.679. The van der Waals surface area contributed by atoms with Gasteiger partial charge in [-0.15, -0.1) is 12.4 Å². The number of nitrogens with zero attached hydrogens (tertiary/aromatic N) is 1. The fourth-order valence-corrected chi connectivity index (χ4v) is 2.47. The highest BCUT2D eigenvalue weighted by atomic mass is 35.5. The Morgan fingerprint density at radius 2 is 1.95 bits per heavy atom. The van der Waals surface area contributed by atoms with E-state index in [1.165, 1.54) is 7.11 Å². The van der Waals surface area contributed by atoms with Gasteiger partial charge in [0.05, 0.1) is 5.54 Å². The van der Waals surface area contributed by atoms with Crippen LogP contribution in [0.4, 0.5) is 0 Å². The third kappa shape index (κ3) is 6.20. The summed E-state index contributed by atoms with van der Waals surface area (Å²) in [5.41, 5.74) is 5.20. The predicted molar refractivity (Wildman–Crippen MR) is 84.4 cm³/mol. The molecule has 1 fully saturated rings. The van der Waals surface area contributed by atoms with Crippen LogP contribution in [0.5, 0.6) is 0 Å². The maximum atomic E-state index is 12.1. The number of halogens is 1. The summed E-state index contributed by atoms with van der Waals surface area (Å²) in [6.45, 7) is 5.21. The van der Waals surface area contributed by atoms with Crippen molar-refractivity contribution in [2.24, 2.45) is 5.73 Å². The topological polar surface area (TPSA) is 84.7 Å². The van der Waals surface area contributed by atoms with Crippen LogP contribution in [-0.4, -0.2) is 55.1 Å². The van der Waals surface area contributed by atoms with E-state index in [1.807, 2.05) is 6.92 Å². The number of hydrogen-bond donors (Lipinski definition) is 2. The van der Waals surface area contributed by atoms with Crippen LogP contribution >= 0.6 is 12.4 Å². The fourth-order valence-electron chi connectivity index (χ4n) is 2.47. The lowest BCUT2D eigenvalue weighted by Gasteiger charge is -2.34. The van der Waals surface area contributed by atoms with E-state index in [0.29, 0.717) is 19.5 Å². The van der Waals surface area contributed by atoms with Crippen LogP contribution in [-0.2, 0) is 14.3 Å². The first kappa shape index (κ1) is 20.1. The molecule has 0 bridgehead atoms. The van der Waals surface area contributed by atoms with Gasteiger partial charge >= 0.3 is 0 Å². The number of piperidine rings is 1. The molecule has 1 saturated heterocycles.